The van der Waals surface area contributed by atoms with Crippen molar-refractivity contribution in [2.45, 2.75) is 18.7 Å². The van der Waals surface area contributed by atoms with Crippen LogP contribution in [0.3, 0.4) is 0 Å². The Labute approximate surface area is 191 Å². The van der Waals surface area contributed by atoms with E-state index in [1.54, 1.807) is 48.5 Å². The maximum absolute atomic E-state index is 13.4. The third-order valence-electron chi connectivity index (χ3n) is 5.60. The number of fused-ring (bicyclic) bond motifs is 2. The number of aromatic amines is 1. The Morgan fingerprint density at radius 2 is 2.03 bits per heavy atom. The van der Waals surface area contributed by atoms with E-state index >= 15 is 0 Å². The normalized spacial score (nSPS) is 18.7. The highest BCUT2D eigenvalue weighted by molar-refractivity contribution is 7.16. The minimum Gasteiger partial charge on any atom is -0.465 e. The largest absolute Gasteiger partial charge is 0.465 e. The first kappa shape index (κ1) is 20.5. The highest BCUT2D eigenvalue weighted by atomic mass is 35.5. The van der Waals surface area contributed by atoms with E-state index in [0.717, 1.165) is 4.88 Å². The van der Waals surface area contributed by atoms with E-state index in [2.05, 4.69) is 15.3 Å². The summed E-state index contributed by atoms with van der Waals surface area (Å²) in [6.45, 7) is 1.85. The van der Waals surface area contributed by atoms with Crippen molar-refractivity contribution < 1.29 is 19.8 Å². The van der Waals surface area contributed by atoms with Gasteiger partial charge in [-0.25, -0.2) is 9.78 Å². The highest BCUT2D eigenvalue weighted by Gasteiger charge is 2.52. The van der Waals surface area contributed by atoms with Crippen LogP contribution in [0, 0.1) is 0 Å². The van der Waals surface area contributed by atoms with Gasteiger partial charge in [-0.3, -0.25) is 15.0 Å². The molecule has 4 N–H and O–H groups in total. The van der Waals surface area contributed by atoms with Crippen molar-refractivity contribution >= 4 is 51.9 Å². The van der Waals surface area contributed by atoms with Crippen molar-refractivity contribution in [2.24, 2.45) is 0 Å². The van der Waals surface area contributed by atoms with Crippen molar-refractivity contribution in [3.8, 4) is 0 Å². The van der Waals surface area contributed by atoms with Crippen LogP contribution in [-0.2, 0) is 5.72 Å². The summed E-state index contributed by atoms with van der Waals surface area (Å²) in [5.41, 5.74) is 0.628. The number of hydrogen-bond acceptors (Lipinski definition) is 5. The molecule has 5 rings (SSSR count). The molecule has 32 heavy (non-hydrogen) atoms. The van der Waals surface area contributed by atoms with Gasteiger partial charge in [-0.2, -0.15) is 0 Å². The van der Waals surface area contributed by atoms with Gasteiger partial charge in [0, 0.05) is 21.6 Å². The molecule has 2 aromatic carbocycles. The minimum atomic E-state index is -1.75. The van der Waals surface area contributed by atoms with Gasteiger partial charge in [-0.15, -0.1) is 11.3 Å². The average Bonchev–Trinajstić information content (AvgIpc) is 3.42. The molecule has 0 fully saturated rings. The second-order valence-electron chi connectivity index (χ2n) is 7.46. The Bertz CT molecular complexity index is 1380. The molecular formula is C22H17ClN4O4S. The third kappa shape index (κ3) is 3.05. The maximum atomic E-state index is 13.4. The number of rotatable bonds is 4. The molecule has 2 aromatic heterocycles. The SMILES string of the molecule is CC(c1ccc(Cl)s1)N1C(=O)c2ccccc2C1(O)c1ccc2nc(NC(=O)O)[nH]c2c1. The average molecular weight is 469 g/mol. The van der Waals surface area contributed by atoms with Crippen molar-refractivity contribution in [3.05, 3.63) is 80.5 Å². The minimum absolute atomic E-state index is 0.0676. The fourth-order valence-electron chi connectivity index (χ4n) is 4.20. The van der Waals surface area contributed by atoms with E-state index in [4.69, 9.17) is 16.7 Å². The summed E-state index contributed by atoms with van der Waals surface area (Å²) in [6.07, 6.45) is -1.24. The lowest BCUT2D eigenvalue weighted by molar-refractivity contribution is -0.0670. The van der Waals surface area contributed by atoms with E-state index in [0.29, 0.717) is 32.1 Å². The number of anilines is 1. The Hall–Kier alpha value is -3.40. The van der Waals surface area contributed by atoms with Gasteiger partial charge in [-0.05, 0) is 37.3 Å². The molecule has 2 atom stereocenters. The number of aliphatic hydroxyl groups is 1. The molecule has 3 heterocycles. The Kier molecular flexibility index (Phi) is 4.70. The van der Waals surface area contributed by atoms with Crippen molar-refractivity contribution in [3.63, 3.8) is 0 Å². The topological polar surface area (TPSA) is 119 Å². The highest BCUT2D eigenvalue weighted by Crippen LogP contribution is 2.48. The number of halogens is 1. The lowest BCUT2D eigenvalue weighted by Crippen LogP contribution is -2.45. The van der Waals surface area contributed by atoms with E-state index in [1.807, 2.05) is 13.0 Å². The van der Waals surface area contributed by atoms with E-state index in [-0.39, 0.29) is 11.9 Å². The Balaban J connectivity index is 1.67. The predicted molar refractivity (Wildman–Crippen MR) is 121 cm³/mol. The summed E-state index contributed by atoms with van der Waals surface area (Å²) in [5, 5.41) is 23.2. The Morgan fingerprint density at radius 3 is 2.75 bits per heavy atom. The van der Waals surface area contributed by atoms with Gasteiger partial charge < -0.3 is 15.2 Å². The second-order valence-corrected chi connectivity index (χ2v) is 9.20. The fraction of sp³-hybridized carbons (Fsp3) is 0.136. The standard InChI is InChI=1S/C22H17ClN4O4S/c1-11(17-8-9-18(23)32-17)27-19(28)13-4-2-3-5-14(13)22(27,31)12-6-7-15-16(10-12)25-20(24-15)26-21(29)30/h2-11,31H,1H3,(H,29,30)(H2,24,25,26). The van der Waals surface area contributed by atoms with Gasteiger partial charge in [0.1, 0.15) is 0 Å². The molecule has 0 saturated carbocycles. The van der Waals surface area contributed by atoms with Crippen molar-refractivity contribution in [1.29, 1.82) is 0 Å². The molecule has 2 unspecified atom stereocenters. The summed E-state index contributed by atoms with van der Waals surface area (Å²) in [6, 6.07) is 15.1. The zero-order valence-corrected chi connectivity index (χ0v) is 18.2. The predicted octanol–water partition coefficient (Wildman–Crippen LogP) is 4.78. The van der Waals surface area contributed by atoms with Gasteiger partial charge in [0.15, 0.2) is 5.72 Å². The van der Waals surface area contributed by atoms with Crippen molar-refractivity contribution in [1.82, 2.24) is 14.9 Å². The number of carbonyl (C=O) groups is 2. The first-order chi connectivity index (χ1) is 15.3. The molecule has 0 aliphatic carbocycles. The maximum Gasteiger partial charge on any atom is 0.411 e. The third-order valence-corrected chi connectivity index (χ3v) is 7.00. The van der Waals surface area contributed by atoms with Crippen LogP contribution in [0.25, 0.3) is 11.0 Å². The van der Waals surface area contributed by atoms with Crippen LogP contribution in [0.4, 0.5) is 10.7 Å². The molecule has 162 valence electrons. The number of nitrogens with zero attached hydrogens (tertiary/aromatic N) is 2. The molecule has 0 spiro atoms. The smallest absolute Gasteiger partial charge is 0.411 e. The van der Waals surface area contributed by atoms with Crippen LogP contribution in [0.2, 0.25) is 4.34 Å². The number of aromatic nitrogens is 2. The van der Waals surface area contributed by atoms with E-state index in [1.165, 1.54) is 16.2 Å². The van der Waals surface area contributed by atoms with Gasteiger partial charge in [0.25, 0.3) is 5.91 Å². The first-order valence-corrected chi connectivity index (χ1v) is 10.9. The van der Waals surface area contributed by atoms with Crippen LogP contribution in [0.1, 0.15) is 39.3 Å². The summed E-state index contributed by atoms with van der Waals surface area (Å²) in [7, 11) is 0. The van der Waals surface area contributed by atoms with E-state index in [9.17, 15) is 14.7 Å². The zero-order valence-electron chi connectivity index (χ0n) is 16.7. The number of amides is 2. The number of imidazole rings is 1. The summed E-state index contributed by atoms with van der Waals surface area (Å²) in [5.74, 6) is -0.226. The fourth-order valence-corrected chi connectivity index (χ4v) is 5.30. The summed E-state index contributed by atoms with van der Waals surface area (Å²) >= 11 is 7.47. The number of carboxylic acid groups (broad SMARTS) is 1. The van der Waals surface area contributed by atoms with Gasteiger partial charge in [-0.1, -0.05) is 35.9 Å². The van der Waals surface area contributed by atoms with Crippen LogP contribution in [-0.4, -0.2) is 37.1 Å². The molecule has 0 radical (unpaired) electrons. The van der Waals surface area contributed by atoms with Crippen LogP contribution in [0.5, 0.6) is 0 Å². The monoisotopic (exact) mass is 468 g/mol. The van der Waals surface area contributed by atoms with Crippen LogP contribution < -0.4 is 5.32 Å². The van der Waals surface area contributed by atoms with Gasteiger partial charge in [0.2, 0.25) is 5.95 Å². The number of nitrogens with one attached hydrogen (secondary N) is 2. The first-order valence-electron chi connectivity index (χ1n) is 9.70. The lowest BCUT2D eigenvalue weighted by Gasteiger charge is -2.38. The van der Waals surface area contributed by atoms with Gasteiger partial charge >= 0.3 is 6.09 Å². The molecule has 4 aromatic rings. The number of hydrogen-bond donors (Lipinski definition) is 4. The number of thiophene rings is 1. The number of carbonyl (C=O) groups excluding carboxylic acids is 1. The molecular weight excluding hydrogens is 452 g/mol. The Morgan fingerprint density at radius 1 is 1.25 bits per heavy atom. The van der Waals surface area contributed by atoms with Crippen LogP contribution >= 0.6 is 22.9 Å². The zero-order chi connectivity index (χ0) is 22.6. The molecule has 2 amide bonds. The lowest BCUT2D eigenvalue weighted by atomic mass is 9.93. The molecule has 0 saturated heterocycles. The quantitative estimate of drug-likeness (QED) is 0.344. The van der Waals surface area contributed by atoms with E-state index < -0.39 is 17.9 Å². The van der Waals surface area contributed by atoms with Gasteiger partial charge in [0.05, 0.1) is 21.4 Å². The molecule has 1 aliphatic rings. The summed E-state index contributed by atoms with van der Waals surface area (Å²) < 4.78 is 0.594. The molecule has 1 aliphatic heterocycles. The number of benzene rings is 2. The molecule has 0 bridgehead atoms. The second kappa shape index (κ2) is 7.33. The molecule has 8 nitrogen and oxygen atoms in total. The molecule has 10 heteroatoms. The van der Waals surface area contributed by atoms with Crippen LogP contribution in [0.15, 0.2) is 54.6 Å². The summed E-state index contributed by atoms with van der Waals surface area (Å²) in [4.78, 5) is 33.7. The van der Waals surface area contributed by atoms with Crippen molar-refractivity contribution in [2.75, 3.05) is 5.32 Å². The number of H-pyrrole nitrogens is 1.